The van der Waals surface area contributed by atoms with E-state index in [9.17, 15) is 4.39 Å². The van der Waals surface area contributed by atoms with Crippen LogP contribution in [0.3, 0.4) is 0 Å². The van der Waals surface area contributed by atoms with Gasteiger partial charge in [-0.05, 0) is 85.3 Å². The van der Waals surface area contributed by atoms with Crippen LogP contribution >= 0.6 is 11.6 Å². The molecule has 1 aliphatic carbocycles. The number of fused-ring (bicyclic) bond motifs is 2. The number of piperidine rings is 1. The molecular formula is C35H39ClFN9. The number of imidazole rings is 2. The number of halogens is 2. The minimum atomic E-state index is -0.977. The van der Waals surface area contributed by atoms with E-state index in [-0.39, 0.29) is 18.8 Å². The summed E-state index contributed by atoms with van der Waals surface area (Å²) in [5, 5.41) is 18.5. The summed E-state index contributed by atoms with van der Waals surface area (Å²) in [5.41, 5.74) is 7.20. The van der Waals surface area contributed by atoms with Crippen molar-refractivity contribution in [1.29, 1.82) is 5.41 Å². The Balaban J connectivity index is 1.07. The number of likely N-dealkylation sites (tertiary alicyclic amines) is 1. The summed E-state index contributed by atoms with van der Waals surface area (Å²) in [4.78, 5) is 14.4. The number of aryl methyl sites for hydroxylation is 1. The first-order chi connectivity index (χ1) is 22.2. The number of rotatable bonds is 7. The predicted octanol–water partition coefficient (Wildman–Crippen LogP) is 7.17. The molecule has 11 heteroatoms. The maximum absolute atomic E-state index is 14.4. The minimum absolute atomic E-state index is 0.113. The summed E-state index contributed by atoms with van der Waals surface area (Å²) >= 11 is 6.93. The van der Waals surface area contributed by atoms with E-state index in [1.165, 1.54) is 44.3 Å². The predicted molar refractivity (Wildman–Crippen MR) is 179 cm³/mol. The molecule has 46 heavy (non-hydrogen) atoms. The van der Waals surface area contributed by atoms with Crippen LogP contribution in [-0.4, -0.2) is 59.3 Å². The standard InChI is InChI=1S/C35H39ClFN9/c1-21-15-35(16-21)7-11-44(12-8-35)17-23-3-5-24(6-4-23)26-14-28(36)27-19-46(43-30(27)22(26)2)32(33(38)42-34-39-9-10-40-34)31-29-13-25(37)18-45(29)20-41-31/h3-6,9-10,14,19-21,25,32H,7-8,11-13,15-18H2,1-2H3,(H3,38,39,40,42)/t25-,32?/m1/s1. The van der Waals surface area contributed by atoms with Crippen LogP contribution in [0.5, 0.6) is 0 Å². The highest BCUT2D eigenvalue weighted by Crippen LogP contribution is 2.52. The first kappa shape index (κ1) is 29.4. The fraction of sp³-hybridized carbons (Fsp3) is 0.429. The lowest BCUT2D eigenvalue weighted by molar-refractivity contribution is -0.00794. The lowest BCUT2D eigenvalue weighted by atomic mass is 9.58. The van der Waals surface area contributed by atoms with E-state index < -0.39 is 12.2 Å². The molecule has 9 nitrogen and oxygen atoms in total. The van der Waals surface area contributed by atoms with Crippen molar-refractivity contribution in [2.45, 2.75) is 71.3 Å². The van der Waals surface area contributed by atoms with Crippen LogP contribution in [0.2, 0.25) is 5.02 Å². The van der Waals surface area contributed by atoms with Crippen molar-refractivity contribution in [2.75, 3.05) is 18.4 Å². The first-order valence-corrected chi connectivity index (χ1v) is 16.7. The number of hydrogen-bond acceptors (Lipinski definition) is 5. The van der Waals surface area contributed by atoms with Gasteiger partial charge in [0.05, 0.1) is 29.1 Å². The number of aromatic nitrogens is 6. The Labute approximate surface area is 272 Å². The Bertz CT molecular complexity index is 1890. The fourth-order valence-electron chi connectivity index (χ4n) is 8.22. The summed E-state index contributed by atoms with van der Waals surface area (Å²) in [6.45, 7) is 8.07. The molecular weight excluding hydrogens is 601 g/mol. The largest absolute Gasteiger partial charge is 0.331 e. The number of nitrogens with one attached hydrogen (secondary N) is 3. The summed E-state index contributed by atoms with van der Waals surface area (Å²) in [6, 6.07) is 10.1. The van der Waals surface area contributed by atoms with Crippen molar-refractivity contribution < 1.29 is 4.39 Å². The van der Waals surface area contributed by atoms with E-state index in [4.69, 9.17) is 22.1 Å². The minimum Gasteiger partial charge on any atom is -0.331 e. The Hall–Kier alpha value is -4.02. The number of amidine groups is 1. The number of nitrogens with zero attached hydrogens (tertiary/aromatic N) is 6. The van der Waals surface area contributed by atoms with E-state index in [2.05, 4.69) is 63.3 Å². The smallest absolute Gasteiger partial charge is 0.205 e. The lowest BCUT2D eigenvalue weighted by Crippen LogP contribution is -2.46. The highest BCUT2D eigenvalue weighted by atomic mass is 35.5. The number of benzene rings is 2. The molecule has 0 amide bonds. The number of anilines is 1. The number of aromatic amines is 1. The Morgan fingerprint density at radius 1 is 1.20 bits per heavy atom. The van der Waals surface area contributed by atoms with E-state index in [0.717, 1.165) is 45.7 Å². The molecule has 238 valence electrons. The second kappa shape index (κ2) is 11.3. The molecule has 1 saturated carbocycles. The van der Waals surface area contributed by atoms with Gasteiger partial charge in [-0.3, -0.25) is 15.0 Å². The van der Waals surface area contributed by atoms with E-state index >= 15 is 0 Å². The number of alkyl halides is 1. The van der Waals surface area contributed by atoms with Gasteiger partial charge in [0.25, 0.3) is 0 Å². The molecule has 3 aromatic heterocycles. The summed E-state index contributed by atoms with van der Waals surface area (Å²) < 4.78 is 17.9. The zero-order chi connectivity index (χ0) is 31.6. The monoisotopic (exact) mass is 639 g/mol. The maximum atomic E-state index is 14.4. The molecule has 0 radical (unpaired) electrons. The molecule has 3 aliphatic rings. The van der Waals surface area contributed by atoms with Crippen molar-refractivity contribution >= 4 is 34.3 Å². The number of H-pyrrole nitrogens is 1. The quantitative estimate of drug-likeness (QED) is 0.129. The molecule has 2 aromatic carbocycles. The second-order valence-corrected chi connectivity index (χ2v) is 14.2. The summed E-state index contributed by atoms with van der Waals surface area (Å²) in [6.07, 6.45) is 11.6. The van der Waals surface area contributed by atoms with Crippen LogP contribution in [0.1, 0.15) is 61.2 Å². The topological polar surface area (TPSA) is 103 Å². The zero-order valence-corrected chi connectivity index (χ0v) is 27.0. The van der Waals surface area contributed by atoms with Gasteiger partial charge in [0.15, 0.2) is 6.04 Å². The van der Waals surface area contributed by atoms with Crippen molar-refractivity contribution in [3.63, 3.8) is 0 Å². The van der Waals surface area contributed by atoms with E-state index in [0.29, 0.717) is 22.1 Å². The summed E-state index contributed by atoms with van der Waals surface area (Å²) in [5.74, 6) is 1.45. The van der Waals surface area contributed by atoms with Gasteiger partial charge < -0.3 is 14.9 Å². The molecule has 0 bridgehead atoms. The van der Waals surface area contributed by atoms with Gasteiger partial charge in [-0.2, -0.15) is 5.10 Å². The highest BCUT2D eigenvalue weighted by molar-refractivity contribution is 6.36. The number of hydrogen-bond donors (Lipinski definition) is 3. The van der Waals surface area contributed by atoms with Gasteiger partial charge >= 0.3 is 0 Å². The van der Waals surface area contributed by atoms with Crippen LogP contribution in [0.15, 0.2) is 55.2 Å². The van der Waals surface area contributed by atoms with Gasteiger partial charge in [-0.1, -0.05) is 42.8 Å². The third-order valence-corrected chi connectivity index (χ3v) is 10.8. The van der Waals surface area contributed by atoms with Gasteiger partial charge in [0.1, 0.15) is 12.0 Å². The molecule has 1 unspecified atom stereocenters. The van der Waals surface area contributed by atoms with Gasteiger partial charge in [0, 0.05) is 42.6 Å². The molecule has 5 aromatic rings. The molecule has 8 rings (SSSR count). The van der Waals surface area contributed by atoms with Gasteiger partial charge in [0.2, 0.25) is 5.95 Å². The van der Waals surface area contributed by atoms with E-state index in [1.807, 2.05) is 16.8 Å². The lowest BCUT2D eigenvalue weighted by Gasteiger charge is -2.51. The third kappa shape index (κ3) is 5.21. The van der Waals surface area contributed by atoms with Gasteiger partial charge in [-0.15, -0.1) is 0 Å². The zero-order valence-electron chi connectivity index (χ0n) is 26.2. The Morgan fingerprint density at radius 2 is 1.98 bits per heavy atom. The van der Waals surface area contributed by atoms with Crippen LogP contribution in [-0.2, 0) is 19.5 Å². The highest BCUT2D eigenvalue weighted by Gasteiger charge is 2.43. The van der Waals surface area contributed by atoms with Crippen molar-refractivity contribution in [3.8, 4) is 11.1 Å². The second-order valence-electron chi connectivity index (χ2n) is 13.8. The molecule has 2 aliphatic heterocycles. The molecule has 2 fully saturated rings. The first-order valence-electron chi connectivity index (χ1n) is 16.3. The van der Waals surface area contributed by atoms with Crippen LogP contribution in [0.25, 0.3) is 22.0 Å². The molecule has 5 heterocycles. The van der Waals surface area contributed by atoms with Crippen molar-refractivity contribution in [2.24, 2.45) is 11.3 Å². The van der Waals surface area contributed by atoms with Crippen molar-refractivity contribution in [1.82, 2.24) is 34.2 Å². The Morgan fingerprint density at radius 3 is 2.70 bits per heavy atom. The molecule has 2 atom stereocenters. The molecule has 1 spiro atoms. The molecule has 3 N–H and O–H groups in total. The normalized spacial score (nSPS) is 20.2. The van der Waals surface area contributed by atoms with Crippen LogP contribution < -0.4 is 5.32 Å². The van der Waals surface area contributed by atoms with Crippen LogP contribution in [0, 0.1) is 23.7 Å². The van der Waals surface area contributed by atoms with Gasteiger partial charge in [-0.25, -0.2) is 14.4 Å². The summed E-state index contributed by atoms with van der Waals surface area (Å²) in [7, 11) is 0. The SMILES string of the molecule is Cc1c(-c2ccc(CN3CCC4(CC3)CC(C)C4)cc2)cc(Cl)c2cn(C(C(=N)Nc3ncc[nH]3)c3ncn4c3C[C@@H](F)C4)nc12. The average molecular weight is 640 g/mol. The fourth-order valence-corrected chi connectivity index (χ4v) is 8.47. The average Bonchev–Trinajstić information content (AvgIpc) is 3.83. The molecule has 1 saturated heterocycles. The van der Waals surface area contributed by atoms with Crippen molar-refractivity contribution in [3.05, 3.63) is 82.8 Å². The third-order valence-electron chi connectivity index (χ3n) is 10.5. The Kier molecular flexibility index (Phi) is 7.25. The van der Waals surface area contributed by atoms with E-state index in [1.54, 1.807) is 23.4 Å². The maximum Gasteiger partial charge on any atom is 0.205 e. The van der Waals surface area contributed by atoms with Crippen LogP contribution in [0.4, 0.5) is 10.3 Å².